The molecule has 3 fully saturated rings. The van der Waals surface area contributed by atoms with Crippen molar-refractivity contribution in [1.29, 1.82) is 0 Å². The zero-order valence-electron chi connectivity index (χ0n) is 16.5. The highest BCUT2D eigenvalue weighted by molar-refractivity contribution is 5.85. The average Bonchev–Trinajstić information content (AvgIpc) is 3.28. The van der Waals surface area contributed by atoms with Crippen molar-refractivity contribution in [1.82, 2.24) is 20.0 Å². The number of guanidine groups is 1. The maximum absolute atomic E-state index is 12.0. The number of amides is 1. The highest BCUT2D eigenvalue weighted by Gasteiger charge is 2.41. The minimum absolute atomic E-state index is 0.0484. The maximum atomic E-state index is 12.0. The topological polar surface area (TPSA) is 60.4 Å². The number of rotatable bonds is 5. The van der Waals surface area contributed by atoms with Crippen molar-refractivity contribution in [3.63, 3.8) is 0 Å². The summed E-state index contributed by atoms with van der Waals surface area (Å²) in [5.41, 5.74) is 0.498. The summed E-state index contributed by atoms with van der Waals surface area (Å²) < 4.78 is 5.41. The van der Waals surface area contributed by atoms with E-state index in [0.717, 1.165) is 58.4 Å². The van der Waals surface area contributed by atoms with Crippen LogP contribution < -0.4 is 5.32 Å². The molecular weight excluding hydrogens is 330 g/mol. The van der Waals surface area contributed by atoms with E-state index in [1.165, 1.54) is 32.1 Å². The summed E-state index contributed by atoms with van der Waals surface area (Å²) in [6, 6.07) is 0. The Labute approximate surface area is 157 Å². The zero-order valence-corrected chi connectivity index (χ0v) is 16.5. The van der Waals surface area contributed by atoms with E-state index in [9.17, 15) is 4.79 Å². The maximum Gasteiger partial charge on any atom is 0.243 e. The number of carbonyl (C=O) groups is 1. The largest absolute Gasteiger partial charge is 0.379 e. The number of ether oxygens (including phenoxy) is 1. The van der Waals surface area contributed by atoms with Gasteiger partial charge in [0.2, 0.25) is 5.91 Å². The van der Waals surface area contributed by atoms with Crippen LogP contribution in [0.1, 0.15) is 32.1 Å². The third-order valence-electron chi connectivity index (χ3n) is 6.08. The average molecular weight is 366 g/mol. The van der Waals surface area contributed by atoms with Crippen LogP contribution in [0.15, 0.2) is 4.99 Å². The highest BCUT2D eigenvalue weighted by Crippen LogP contribution is 2.45. The molecule has 1 spiro atoms. The Bertz CT molecular complexity index is 496. The first-order valence-corrected chi connectivity index (χ1v) is 10.1. The van der Waals surface area contributed by atoms with Crippen LogP contribution in [0, 0.1) is 5.41 Å². The van der Waals surface area contributed by atoms with Crippen LogP contribution in [0.3, 0.4) is 0 Å². The van der Waals surface area contributed by atoms with E-state index in [2.05, 4.69) is 20.1 Å². The summed E-state index contributed by atoms with van der Waals surface area (Å²) >= 11 is 0. The quantitative estimate of drug-likeness (QED) is 0.572. The molecule has 0 unspecified atom stereocenters. The first kappa shape index (κ1) is 19.4. The molecule has 1 amide bonds. The van der Waals surface area contributed by atoms with Gasteiger partial charge in [0.1, 0.15) is 6.54 Å². The molecule has 7 nitrogen and oxygen atoms in total. The van der Waals surface area contributed by atoms with Crippen molar-refractivity contribution in [2.45, 2.75) is 32.1 Å². The van der Waals surface area contributed by atoms with Crippen LogP contribution in [0.5, 0.6) is 0 Å². The van der Waals surface area contributed by atoms with E-state index in [0.29, 0.717) is 5.41 Å². The molecule has 148 valence electrons. The molecule has 0 aromatic carbocycles. The highest BCUT2D eigenvalue weighted by atomic mass is 16.5. The number of hydrogen-bond donors (Lipinski definition) is 1. The third-order valence-corrected chi connectivity index (χ3v) is 6.08. The molecule has 0 bridgehead atoms. The standard InChI is InChI=1S/C19H35N5O2/c1-22(2)17(25)15-21-18(20-8-10-23-11-13-26-14-12-23)24-9-7-19(16-24)5-3-4-6-19/h3-16H2,1-2H3,(H,20,21). The van der Waals surface area contributed by atoms with Crippen LogP contribution in [0.25, 0.3) is 0 Å². The molecule has 7 heteroatoms. The van der Waals surface area contributed by atoms with Gasteiger partial charge in [0.15, 0.2) is 5.96 Å². The fourth-order valence-electron chi connectivity index (χ4n) is 4.35. The van der Waals surface area contributed by atoms with E-state index in [1.807, 2.05) is 0 Å². The summed E-state index contributed by atoms with van der Waals surface area (Å²) in [5, 5.41) is 3.53. The lowest BCUT2D eigenvalue weighted by molar-refractivity contribution is -0.127. The van der Waals surface area contributed by atoms with Gasteiger partial charge in [0.25, 0.3) is 0 Å². The normalized spacial score (nSPS) is 23.6. The van der Waals surface area contributed by atoms with Gasteiger partial charge in [-0.1, -0.05) is 12.8 Å². The molecule has 0 aromatic heterocycles. The van der Waals surface area contributed by atoms with Crippen molar-refractivity contribution in [3.8, 4) is 0 Å². The van der Waals surface area contributed by atoms with Gasteiger partial charge < -0.3 is 19.9 Å². The van der Waals surface area contributed by atoms with Gasteiger partial charge in [-0.3, -0.25) is 9.69 Å². The number of aliphatic imine (C=N–C) groups is 1. The van der Waals surface area contributed by atoms with Crippen molar-refractivity contribution in [3.05, 3.63) is 0 Å². The molecule has 1 aliphatic carbocycles. The summed E-state index contributed by atoms with van der Waals surface area (Å²) in [4.78, 5) is 23.1. The second kappa shape index (κ2) is 9.04. The van der Waals surface area contributed by atoms with Gasteiger partial charge in [-0.05, 0) is 24.7 Å². The summed E-state index contributed by atoms with van der Waals surface area (Å²) in [6.07, 6.45) is 6.69. The predicted octanol–water partition coefficient (Wildman–Crippen LogP) is 0.619. The van der Waals surface area contributed by atoms with Crippen molar-refractivity contribution in [2.75, 3.05) is 73.1 Å². The van der Waals surface area contributed by atoms with E-state index >= 15 is 0 Å². The van der Waals surface area contributed by atoms with Crippen LogP contribution in [-0.4, -0.2) is 99.7 Å². The molecule has 3 aliphatic rings. The van der Waals surface area contributed by atoms with Crippen molar-refractivity contribution < 1.29 is 9.53 Å². The van der Waals surface area contributed by atoms with E-state index in [-0.39, 0.29) is 12.5 Å². The number of carbonyl (C=O) groups excluding carboxylic acids is 1. The Morgan fingerprint density at radius 3 is 2.58 bits per heavy atom. The van der Waals surface area contributed by atoms with Gasteiger partial charge in [0, 0.05) is 53.4 Å². The van der Waals surface area contributed by atoms with E-state index < -0.39 is 0 Å². The Morgan fingerprint density at radius 1 is 1.15 bits per heavy atom. The summed E-state index contributed by atoms with van der Waals surface area (Å²) in [6.45, 7) is 7.87. The third kappa shape index (κ3) is 5.10. The molecule has 26 heavy (non-hydrogen) atoms. The Hall–Kier alpha value is -1.34. The van der Waals surface area contributed by atoms with Crippen LogP contribution >= 0.6 is 0 Å². The monoisotopic (exact) mass is 365 g/mol. The first-order chi connectivity index (χ1) is 12.6. The van der Waals surface area contributed by atoms with Gasteiger partial charge in [-0.25, -0.2) is 4.99 Å². The molecule has 2 aliphatic heterocycles. The second-order valence-electron chi connectivity index (χ2n) is 8.19. The first-order valence-electron chi connectivity index (χ1n) is 10.1. The lowest BCUT2D eigenvalue weighted by atomic mass is 9.86. The fourth-order valence-corrected chi connectivity index (χ4v) is 4.35. The van der Waals surface area contributed by atoms with Gasteiger partial charge >= 0.3 is 0 Å². The van der Waals surface area contributed by atoms with Crippen molar-refractivity contribution >= 4 is 11.9 Å². The zero-order chi connectivity index (χ0) is 18.4. The smallest absolute Gasteiger partial charge is 0.243 e. The molecule has 1 N–H and O–H groups in total. The lowest BCUT2D eigenvalue weighted by Gasteiger charge is -2.29. The number of nitrogens with zero attached hydrogens (tertiary/aromatic N) is 4. The molecular formula is C19H35N5O2. The molecule has 0 aromatic rings. The van der Waals surface area contributed by atoms with Crippen LogP contribution in [0.4, 0.5) is 0 Å². The van der Waals surface area contributed by atoms with Gasteiger partial charge in [-0.15, -0.1) is 0 Å². The van der Waals surface area contributed by atoms with Gasteiger partial charge in [-0.2, -0.15) is 0 Å². The lowest BCUT2D eigenvalue weighted by Crippen LogP contribution is -2.46. The molecule has 2 saturated heterocycles. The number of likely N-dealkylation sites (N-methyl/N-ethyl adjacent to an activating group) is 1. The summed E-state index contributed by atoms with van der Waals surface area (Å²) in [7, 11) is 3.57. The minimum Gasteiger partial charge on any atom is -0.379 e. The summed E-state index contributed by atoms with van der Waals surface area (Å²) in [5.74, 6) is 0.962. The molecule has 2 heterocycles. The van der Waals surface area contributed by atoms with Crippen molar-refractivity contribution in [2.24, 2.45) is 10.4 Å². The molecule has 0 atom stereocenters. The fraction of sp³-hybridized carbons (Fsp3) is 0.895. The SMILES string of the molecule is CN(C)C(=O)CN=C(NCCN1CCOCC1)N1CCC2(CCCC2)C1. The molecule has 1 saturated carbocycles. The molecule has 0 radical (unpaired) electrons. The Morgan fingerprint density at radius 2 is 1.88 bits per heavy atom. The molecule has 3 rings (SSSR count). The van der Waals surface area contributed by atoms with E-state index in [4.69, 9.17) is 4.74 Å². The van der Waals surface area contributed by atoms with Gasteiger partial charge in [0.05, 0.1) is 13.2 Å². The number of hydrogen-bond acceptors (Lipinski definition) is 4. The Kier molecular flexibility index (Phi) is 6.75. The predicted molar refractivity (Wildman–Crippen MR) is 103 cm³/mol. The van der Waals surface area contributed by atoms with Crippen LogP contribution in [0.2, 0.25) is 0 Å². The number of morpholine rings is 1. The second-order valence-corrected chi connectivity index (χ2v) is 8.19. The minimum atomic E-state index is 0.0484. The number of nitrogens with one attached hydrogen (secondary N) is 1. The van der Waals surface area contributed by atoms with Crippen LogP contribution in [-0.2, 0) is 9.53 Å². The number of likely N-dealkylation sites (tertiary alicyclic amines) is 1. The Balaban J connectivity index is 1.56. The van der Waals surface area contributed by atoms with E-state index in [1.54, 1.807) is 19.0 Å².